The van der Waals surface area contributed by atoms with Crippen LogP contribution in [0.1, 0.15) is 24.3 Å². The SMILES string of the molecule is Cc1noc(C)c1-c1cc(NCC2CCOCC2)ncn1. The average Bonchev–Trinajstić information content (AvgIpc) is 2.85. The average molecular weight is 288 g/mol. The van der Waals surface area contributed by atoms with Crippen LogP contribution in [0.25, 0.3) is 11.3 Å². The van der Waals surface area contributed by atoms with E-state index in [9.17, 15) is 0 Å². The highest BCUT2D eigenvalue weighted by molar-refractivity contribution is 5.65. The summed E-state index contributed by atoms with van der Waals surface area (Å²) in [5.74, 6) is 2.27. The van der Waals surface area contributed by atoms with Crippen LogP contribution in [0.3, 0.4) is 0 Å². The summed E-state index contributed by atoms with van der Waals surface area (Å²) < 4.78 is 10.6. The molecule has 1 saturated heterocycles. The van der Waals surface area contributed by atoms with Crippen molar-refractivity contribution in [3.63, 3.8) is 0 Å². The maximum Gasteiger partial charge on any atom is 0.143 e. The van der Waals surface area contributed by atoms with E-state index in [4.69, 9.17) is 9.26 Å². The van der Waals surface area contributed by atoms with Crippen molar-refractivity contribution in [1.82, 2.24) is 15.1 Å². The molecule has 21 heavy (non-hydrogen) atoms. The maximum atomic E-state index is 5.38. The third kappa shape index (κ3) is 3.21. The first kappa shape index (κ1) is 14.0. The highest BCUT2D eigenvalue weighted by Crippen LogP contribution is 2.26. The van der Waals surface area contributed by atoms with Crippen LogP contribution in [0.2, 0.25) is 0 Å². The van der Waals surface area contributed by atoms with Crippen LogP contribution in [-0.2, 0) is 4.74 Å². The number of hydrogen-bond donors (Lipinski definition) is 1. The molecule has 2 aromatic rings. The van der Waals surface area contributed by atoms with Crippen LogP contribution in [-0.4, -0.2) is 34.9 Å². The number of aromatic nitrogens is 3. The van der Waals surface area contributed by atoms with E-state index in [2.05, 4.69) is 20.4 Å². The normalized spacial score (nSPS) is 16.1. The van der Waals surface area contributed by atoms with Gasteiger partial charge in [-0.2, -0.15) is 0 Å². The fraction of sp³-hybridized carbons (Fsp3) is 0.533. The van der Waals surface area contributed by atoms with Gasteiger partial charge in [-0.1, -0.05) is 5.16 Å². The molecule has 6 heteroatoms. The minimum atomic E-state index is 0.649. The van der Waals surface area contributed by atoms with Gasteiger partial charge < -0.3 is 14.6 Å². The summed E-state index contributed by atoms with van der Waals surface area (Å²) >= 11 is 0. The Hall–Kier alpha value is -1.95. The van der Waals surface area contributed by atoms with E-state index in [0.717, 1.165) is 61.1 Å². The zero-order chi connectivity index (χ0) is 14.7. The zero-order valence-corrected chi connectivity index (χ0v) is 12.4. The number of hydrogen-bond acceptors (Lipinski definition) is 6. The molecule has 1 fully saturated rings. The number of ether oxygens (including phenoxy) is 1. The predicted molar refractivity (Wildman–Crippen MR) is 79.0 cm³/mol. The first-order valence-corrected chi connectivity index (χ1v) is 7.31. The molecular weight excluding hydrogens is 268 g/mol. The molecule has 6 nitrogen and oxygen atoms in total. The Labute approximate surface area is 123 Å². The molecule has 0 amide bonds. The van der Waals surface area contributed by atoms with Crippen molar-refractivity contribution in [3.05, 3.63) is 23.8 Å². The van der Waals surface area contributed by atoms with Crippen LogP contribution < -0.4 is 5.32 Å². The Morgan fingerprint density at radius 1 is 1.24 bits per heavy atom. The third-order valence-corrected chi connectivity index (χ3v) is 3.87. The molecule has 0 aliphatic carbocycles. The van der Waals surface area contributed by atoms with Gasteiger partial charge in [-0.25, -0.2) is 9.97 Å². The smallest absolute Gasteiger partial charge is 0.143 e. The lowest BCUT2D eigenvalue weighted by Crippen LogP contribution is -2.22. The van der Waals surface area contributed by atoms with Gasteiger partial charge in [0.05, 0.1) is 17.0 Å². The Kier molecular flexibility index (Phi) is 4.15. The highest BCUT2D eigenvalue weighted by atomic mass is 16.5. The van der Waals surface area contributed by atoms with Gasteiger partial charge in [-0.3, -0.25) is 0 Å². The largest absolute Gasteiger partial charge is 0.381 e. The van der Waals surface area contributed by atoms with Gasteiger partial charge in [0.25, 0.3) is 0 Å². The molecule has 0 aromatic carbocycles. The van der Waals surface area contributed by atoms with Gasteiger partial charge in [-0.15, -0.1) is 0 Å². The summed E-state index contributed by atoms with van der Waals surface area (Å²) in [6.07, 6.45) is 3.79. The summed E-state index contributed by atoms with van der Waals surface area (Å²) in [7, 11) is 0. The summed E-state index contributed by atoms with van der Waals surface area (Å²) in [6, 6.07) is 1.95. The molecule has 2 aromatic heterocycles. The van der Waals surface area contributed by atoms with Crippen LogP contribution >= 0.6 is 0 Å². The van der Waals surface area contributed by atoms with Gasteiger partial charge in [0.1, 0.15) is 17.9 Å². The monoisotopic (exact) mass is 288 g/mol. The lowest BCUT2D eigenvalue weighted by molar-refractivity contribution is 0.0699. The molecule has 1 aliphatic heterocycles. The van der Waals surface area contributed by atoms with Crippen molar-refractivity contribution < 1.29 is 9.26 Å². The molecule has 1 aliphatic rings. The quantitative estimate of drug-likeness (QED) is 0.932. The molecular formula is C15H20N4O2. The fourth-order valence-electron chi connectivity index (χ4n) is 2.64. The van der Waals surface area contributed by atoms with Crippen molar-refractivity contribution in [2.45, 2.75) is 26.7 Å². The number of nitrogens with zero attached hydrogens (tertiary/aromatic N) is 3. The standard InChI is InChI=1S/C15H20N4O2/c1-10-15(11(2)21-19-10)13-7-14(18-9-17-13)16-8-12-3-5-20-6-4-12/h7,9,12H,3-6,8H2,1-2H3,(H,16,17,18). The van der Waals surface area contributed by atoms with Crippen LogP contribution in [0.4, 0.5) is 5.82 Å². The van der Waals surface area contributed by atoms with E-state index in [0.29, 0.717) is 5.92 Å². The number of aryl methyl sites for hydroxylation is 2. The van der Waals surface area contributed by atoms with Crippen molar-refractivity contribution in [2.75, 3.05) is 25.1 Å². The number of anilines is 1. The Morgan fingerprint density at radius 2 is 2.05 bits per heavy atom. The molecule has 0 radical (unpaired) electrons. The van der Waals surface area contributed by atoms with E-state index < -0.39 is 0 Å². The first-order chi connectivity index (χ1) is 10.2. The molecule has 0 spiro atoms. The molecule has 1 N–H and O–H groups in total. The second kappa shape index (κ2) is 6.22. The Bertz CT molecular complexity index is 586. The minimum absolute atomic E-state index is 0.649. The molecule has 0 saturated carbocycles. The summed E-state index contributed by atoms with van der Waals surface area (Å²) in [4.78, 5) is 8.62. The molecule has 3 heterocycles. The third-order valence-electron chi connectivity index (χ3n) is 3.87. The molecule has 0 atom stereocenters. The second-order valence-electron chi connectivity index (χ2n) is 5.42. The van der Waals surface area contributed by atoms with E-state index in [1.807, 2.05) is 19.9 Å². The Morgan fingerprint density at radius 3 is 2.76 bits per heavy atom. The van der Waals surface area contributed by atoms with Gasteiger partial charge in [-0.05, 0) is 32.6 Å². The van der Waals surface area contributed by atoms with Gasteiger partial charge in [0.2, 0.25) is 0 Å². The van der Waals surface area contributed by atoms with E-state index in [1.54, 1.807) is 6.33 Å². The topological polar surface area (TPSA) is 73.1 Å². The Balaban J connectivity index is 1.71. The van der Waals surface area contributed by atoms with Crippen molar-refractivity contribution in [1.29, 1.82) is 0 Å². The molecule has 3 rings (SSSR count). The van der Waals surface area contributed by atoms with Crippen molar-refractivity contribution in [3.8, 4) is 11.3 Å². The maximum absolute atomic E-state index is 5.38. The lowest BCUT2D eigenvalue weighted by Gasteiger charge is -2.22. The first-order valence-electron chi connectivity index (χ1n) is 7.31. The van der Waals surface area contributed by atoms with Crippen LogP contribution in [0.5, 0.6) is 0 Å². The van der Waals surface area contributed by atoms with Crippen LogP contribution in [0, 0.1) is 19.8 Å². The second-order valence-corrected chi connectivity index (χ2v) is 5.42. The minimum Gasteiger partial charge on any atom is -0.381 e. The van der Waals surface area contributed by atoms with Crippen LogP contribution in [0.15, 0.2) is 16.9 Å². The molecule has 112 valence electrons. The van der Waals surface area contributed by atoms with Gasteiger partial charge in [0, 0.05) is 25.8 Å². The lowest BCUT2D eigenvalue weighted by atomic mass is 10.0. The van der Waals surface area contributed by atoms with E-state index in [-0.39, 0.29) is 0 Å². The predicted octanol–water partition coefficient (Wildman–Crippen LogP) is 2.59. The fourth-order valence-corrected chi connectivity index (χ4v) is 2.64. The molecule has 0 unspecified atom stereocenters. The summed E-state index contributed by atoms with van der Waals surface area (Å²) in [5, 5.41) is 7.37. The van der Waals surface area contributed by atoms with E-state index in [1.165, 1.54) is 0 Å². The van der Waals surface area contributed by atoms with Gasteiger partial charge >= 0.3 is 0 Å². The van der Waals surface area contributed by atoms with Crippen molar-refractivity contribution >= 4 is 5.82 Å². The van der Waals surface area contributed by atoms with Crippen molar-refractivity contribution in [2.24, 2.45) is 5.92 Å². The number of rotatable bonds is 4. The molecule has 0 bridgehead atoms. The summed E-state index contributed by atoms with van der Waals surface area (Å²) in [5.41, 5.74) is 2.64. The zero-order valence-electron chi connectivity index (χ0n) is 12.4. The highest BCUT2D eigenvalue weighted by Gasteiger charge is 2.15. The van der Waals surface area contributed by atoms with E-state index >= 15 is 0 Å². The number of nitrogens with one attached hydrogen (secondary N) is 1. The van der Waals surface area contributed by atoms with Gasteiger partial charge in [0.15, 0.2) is 0 Å². The summed E-state index contributed by atoms with van der Waals surface area (Å²) in [6.45, 7) is 6.46.